The van der Waals surface area contributed by atoms with Crippen molar-refractivity contribution >= 4 is 12.0 Å². The van der Waals surface area contributed by atoms with Crippen molar-refractivity contribution in [2.24, 2.45) is 0 Å². The molecule has 8 nitrogen and oxygen atoms in total. The third-order valence-electron chi connectivity index (χ3n) is 3.97. The summed E-state index contributed by atoms with van der Waals surface area (Å²) in [6, 6.07) is 12.5. The maximum atomic E-state index is 12.0. The number of methoxy groups -OCH3 is 3. The van der Waals surface area contributed by atoms with Crippen LogP contribution in [0.1, 0.15) is 11.5 Å². The molecule has 150 valence electrons. The summed E-state index contributed by atoms with van der Waals surface area (Å²) < 4.78 is 25.9. The molecule has 0 amide bonds. The standard InChI is InChI=1S/C21H20N2O6/c1-25-16-6-4-5-15(12-16)21-22-19(29-23-21)13-28-20(24)10-7-14-11-17(26-2)8-9-18(14)27-3/h4-12H,13H2,1-3H3/b10-7+. The van der Waals surface area contributed by atoms with Gasteiger partial charge in [-0.05, 0) is 36.4 Å². The Morgan fingerprint density at radius 1 is 1.03 bits per heavy atom. The second-order valence-corrected chi connectivity index (χ2v) is 5.79. The second kappa shape index (κ2) is 9.41. The summed E-state index contributed by atoms with van der Waals surface area (Å²) in [6.07, 6.45) is 2.87. The lowest BCUT2D eigenvalue weighted by Gasteiger charge is -2.07. The monoisotopic (exact) mass is 396 g/mol. The van der Waals surface area contributed by atoms with Crippen molar-refractivity contribution in [3.8, 4) is 28.6 Å². The highest BCUT2D eigenvalue weighted by Crippen LogP contribution is 2.25. The third kappa shape index (κ3) is 5.13. The SMILES string of the molecule is COc1cccc(-c2noc(COC(=O)/C=C/c3cc(OC)ccc3OC)n2)c1. The fourth-order valence-corrected chi connectivity index (χ4v) is 2.50. The Morgan fingerprint density at radius 3 is 2.59 bits per heavy atom. The van der Waals surface area contributed by atoms with Crippen LogP contribution in [0.5, 0.6) is 17.2 Å². The number of esters is 1. The van der Waals surface area contributed by atoms with Crippen molar-refractivity contribution in [2.45, 2.75) is 6.61 Å². The fourth-order valence-electron chi connectivity index (χ4n) is 2.50. The van der Waals surface area contributed by atoms with Gasteiger partial charge in [0.2, 0.25) is 5.82 Å². The molecule has 0 saturated carbocycles. The molecule has 0 aliphatic carbocycles. The van der Waals surface area contributed by atoms with E-state index in [4.69, 9.17) is 23.5 Å². The van der Waals surface area contributed by atoms with Crippen LogP contribution in [0.2, 0.25) is 0 Å². The minimum Gasteiger partial charge on any atom is -0.497 e. The van der Waals surface area contributed by atoms with E-state index in [9.17, 15) is 4.79 Å². The highest BCUT2D eigenvalue weighted by Gasteiger charge is 2.11. The van der Waals surface area contributed by atoms with Gasteiger partial charge in [-0.3, -0.25) is 0 Å². The van der Waals surface area contributed by atoms with Gasteiger partial charge in [-0.15, -0.1) is 0 Å². The van der Waals surface area contributed by atoms with E-state index in [0.29, 0.717) is 28.6 Å². The molecule has 0 fully saturated rings. The van der Waals surface area contributed by atoms with Crippen LogP contribution in [-0.4, -0.2) is 37.4 Å². The van der Waals surface area contributed by atoms with E-state index in [1.54, 1.807) is 51.7 Å². The van der Waals surface area contributed by atoms with Crippen LogP contribution < -0.4 is 14.2 Å². The van der Waals surface area contributed by atoms with Gasteiger partial charge >= 0.3 is 5.97 Å². The van der Waals surface area contributed by atoms with Gasteiger partial charge < -0.3 is 23.5 Å². The Morgan fingerprint density at radius 2 is 1.83 bits per heavy atom. The number of rotatable bonds is 8. The summed E-state index contributed by atoms with van der Waals surface area (Å²) in [6.45, 7) is -0.143. The van der Waals surface area contributed by atoms with E-state index < -0.39 is 5.97 Å². The average Bonchev–Trinajstić information content (AvgIpc) is 3.25. The summed E-state index contributed by atoms with van der Waals surface area (Å²) >= 11 is 0. The number of hydrogen-bond donors (Lipinski definition) is 0. The number of aromatic nitrogens is 2. The van der Waals surface area contributed by atoms with Gasteiger partial charge in [0.25, 0.3) is 5.89 Å². The Bertz CT molecular complexity index is 1010. The van der Waals surface area contributed by atoms with Crippen molar-refractivity contribution in [3.05, 3.63) is 60.0 Å². The zero-order chi connectivity index (χ0) is 20.6. The maximum Gasteiger partial charge on any atom is 0.331 e. The van der Waals surface area contributed by atoms with E-state index in [-0.39, 0.29) is 12.5 Å². The number of carbonyl (C=O) groups is 1. The van der Waals surface area contributed by atoms with E-state index in [1.807, 2.05) is 18.2 Å². The predicted octanol–water partition coefficient (Wildman–Crippen LogP) is 3.52. The quantitative estimate of drug-likeness (QED) is 0.422. The van der Waals surface area contributed by atoms with E-state index in [1.165, 1.54) is 6.08 Å². The minimum atomic E-state index is -0.559. The van der Waals surface area contributed by atoms with E-state index in [2.05, 4.69) is 10.1 Å². The molecule has 8 heteroatoms. The number of benzene rings is 2. The second-order valence-electron chi connectivity index (χ2n) is 5.79. The smallest absolute Gasteiger partial charge is 0.331 e. The van der Waals surface area contributed by atoms with Gasteiger partial charge in [-0.1, -0.05) is 17.3 Å². The number of ether oxygens (including phenoxy) is 4. The first-order valence-corrected chi connectivity index (χ1v) is 8.67. The van der Waals surface area contributed by atoms with Crippen LogP contribution in [0, 0.1) is 0 Å². The fraction of sp³-hybridized carbons (Fsp3) is 0.190. The topological polar surface area (TPSA) is 92.9 Å². The molecule has 2 aromatic carbocycles. The third-order valence-corrected chi connectivity index (χ3v) is 3.97. The van der Waals surface area contributed by atoms with Crippen molar-refractivity contribution in [2.75, 3.05) is 21.3 Å². The van der Waals surface area contributed by atoms with Gasteiger partial charge in [0, 0.05) is 17.2 Å². The molecule has 0 radical (unpaired) electrons. The molecule has 0 aliphatic heterocycles. The van der Waals surface area contributed by atoms with Crippen molar-refractivity contribution in [1.82, 2.24) is 10.1 Å². The highest BCUT2D eigenvalue weighted by atomic mass is 16.6. The molecule has 0 spiro atoms. The predicted molar refractivity (Wildman–Crippen MR) is 105 cm³/mol. The zero-order valence-corrected chi connectivity index (χ0v) is 16.2. The van der Waals surface area contributed by atoms with Gasteiger partial charge in [-0.25, -0.2) is 4.79 Å². The molecule has 0 bridgehead atoms. The van der Waals surface area contributed by atoms with Crippen molar-refractivity contribution in [1.29, 1.82) is 0 Å². The Hall–Kier alpha value is -3.81. The molecule has 29 heavy (non-hydrogen) atoms. The number of nitrogens with zero attached hydrogens (tertiary/aromatic N) is 2. The maximum absolute atomic E-state index is 12.0. The van der Waals surface area contributed by atoms with Gasteiger partial charge in [-0.2, -0.15) is 4.98 Å². The van der Waals surface area contributed by atoms with Gasteiger partial charge in [0.15, 0.2) is 6.61 Å². The van der Waals surface area contributed by atoms with E-state index >= 15 is 0 Å². The summed E-state index contributed by atoms with van der Waals surface area (Å²) in [5.74, 6) is 1.94. The molecule has 3 rings (SSSR count). The molecule has 0 atom stereocenters. The van der Waals surface area contributed by atoms with Crippen molar-refractivity contribution < 1.29 is 28.3 Å². The number of carbonyl (C=O) groups excluding carboxylic acids is 1. The van der Waals surface area contributed by atoms with Crippen LogP contribution >= 0.6 is 0 Å². The van der Waals surface area contributed by atoms with Crippen LogP contribution in [0.3, 0.4) is 0 Å². The normalized spacial score (nSPS) is 10.7. The summed E-state index contributed by atoms with van der Waals surface area (Å²) in [7, 11) is 4.69. The molecule has 0 unspecified atom stereocenters. The molecule has 0 saturated heterocycles. The summed E-state index contributed by atoms with van der Waals surface area (Å²) in [4.78, 5) is 16.2. The molecule has 3 aromatic rings. The van der Waals surface area contributed by atoms with Gasteiger partial charge in [0.1, 0.15) is 17.2 Å². The first-order valence-electron chi connectivity index (χ1n) is 8.67. The molecule has 1 aromatic heterocycles. The van der Waals surface area contributed by atoms with Crippen LogP contribution in [-0.2, 0) is 16.1 Å². The number of hydrogen-bond acceptors (Lipinski definition) is 8. The minimum absolute atomic E-state index is 0.143. The zero-order valence-electron chi connectivity index (χ0n) is 16.2. The van der Waals surface area contributed by atoms with Crippen LogP contribution in [0.4, 0.5) is 0 Å². The highest BCUT2D eigenvalue weighted by molar-refractivity contribution is 5.87. The van der Waals surface area contributed by atoms with Crippen molar-refractivity contribution in [3.63, 3.8) is 0 Å². The molecular weight excluding hydrogens is 376 g/mol. The Labute approximate surface area is 167 Å². The first kappa shape index (κ1) is 19.9. The lowest BCUT2D eigenvalue weighted by atomic mass is 10.1. The lowest BCUT2D eigenvalue weighted by Crippen LogP contribution is -2.01. The first-order chi connectivity index (χ1) is 14.1. The van der Waals surface area contributed by atoms with Gasteiger partial charge in [0.05, 0.1) is 21.3 Å². The van der Waals surface area contributed by atoms with Crippen LogP contribution in [0.25, 0.3) is 17.5 Å². The molecule has 1 heterocycles. The summed E-state index contributed by atoms with van der Waals surface area (Å²) in [5, 5.41) is 3.89. The molecular formula is C21H20N2O6. The Balaban J connectivity index is 1.61. The van der Waals surface area contributed by atoms with E-state index in [0.717, 1.165) is 5.56 Å². The lowest BCUT2D eigenvalue weighted by molar-refractivity contribution is -0.139. The Kier molecular flexibility index (Phi) is 6.47. The molecule has 0 N–H and O–H groups in total. The largest absolute Gasteiger partial charge is 0.497 e. The van der Waals surface area contributed by atoms with Crippen LogP contribution in [0.15, 0.2) is 53.1 Å². The average molecular weight is 396 g/mol. The summed E-state index contributed by atoms with van der Waals surface area (Å²) in [5.41, 5.74) is 1.41. The molecule has 0 aliphatic rings.